The second-order valence-corrected chi connectivity index (χ2v) is 11.1. The van der Waals surface area contributed by atoms with Gasteiger partial charge in [0.15, 0.2) is 0 Å². The number of imidazole rings is 1. The van der Waals surface area contributed by atoms with Crippen LogP contribution in [0.4, 0.5) is 5.95 Å². The number of rotatable bonds is 4. The molecule has 2 aromatic carbocycles. The van der Waals surface area contributed by atoms with E-state index in [1.54, 1.807) is 0 Å². The minimum absolute atomic E-state index is 0.0451. The highest BCUT2D eigenvalue weighted by molar-refractivity contribution is 6.77. The average Bonchev–Trinajstić information content (AvgIpc) is 3.13. The number of aryl methyl sites for hydroxylation is 1. The summed E-state index contributed by atoms with van der Waals surface area (Å²) >= 11 is 0. The van der Waals surface area contributed by atoms with Gasteiger partial charge >= 0.3 is 12.8 Å². The third kappa shape index (κ3) is 4.05. The summed E-state index contributed by atoms with van der Waals surface area (Å²) in [6, 6.07) is 15.7. The Balaban J connectivity index is 1.99. The molecule has 1 aliphatic rings. The maximum absolute atomic E-state index is 2.48. The highest BCUT2D eigenvalue weighted by Gasteiger charge is 2.40. The van der Waals surface area contributed by atoms with Crippen LogP contribution < -0.4 is 14.8 Å². The van der Waals surface area contributed by atoms with Gasteiger partial charge in [-0.05, 0) is 51.8 Å². The van der Waals surface area contributed by atoms with Gasteiger partial charge in [-0.25, -0.2) is 9.13 Å². The molecule has 0 bridgehead atoms. The summed E-state index contributed by atoms with van der Waals surface area (Å²) in [6.45, 7) is 18.7. The summed E-state index contributed by atoms with van der Waals surface area (Å²) in [5, 5.41) is 0. The molecule has 4 rings (SSSR count). The molecule has 172 valence electrons. The number of allylic oxidation sites excluding steroid dienone is 1. The topological polar surface area (TPSA) is 12.1 Å². The van der Waals surface area contributed by atoms with Crippen molar-refractivity contribution in [2.45, 2.75) is 67.1 Å². The van der Waals surface area contributed by atoms with E-state index in [4.69, 9.17) is 0 Å². The van der Waals surface area contributed by atoms with E-state index in [0.29, 0.717) is 11.8 Å². The lowest BCUT2D eigenvalue weighted by atomic mass is 9.52. The van der Waals surface area contributed by atoms with Gasteiger partial charge in [0.05, 0.1) is 19.4 Å². The van der Waals surface area contributed by atoms with Gasteiger partial charge in [-0.1, -0.05) is 90.9 Å². The van der Waals surface area contributed by atoms with E-state index in [-0.39, 0.29) is 12.3 Å². The molecule has 0 radical (unpaired) electrons. The molecule has 0 aliphatic carbocycles. The van der Waals surface area contributed by atoms with Crippen molar-refractivity contribution in [1.82, 2.24) is 4.57 Å². The van der Waals surface area contributed by atoms with Gasteiger partial charge in [0.1, 0.15) is 11.9 Å². The Kier molecular flexibility index (Phi) is 6.07. The Morgan fingerprint density at radius 2 is 1.48 bits per heavy atom. The summed E-state index contributed by atoms with van der Waals surface area (Å²) in [5.74, 6) is 2.08. The molecular formula is C29H39BN3+. The number of hydrogen-bond acceptors (Lipinski definition) is 1. The number of benzene rings is 2. The molecule has 1 aliphatic heterocycles. The van der Waals surface area contributed by atoms with E-state index in [0.717, 1.165) is 0 Å². The Bertz CT molecular complexity index is 1170. The van der Waals surface area contributed by atoms with Crippen LogP contribution in [0.25, 0.3) is 11.3 Å². The molecule has 0 unspecified atom stereocenters. The number of para-hydroxylation sites is 1. The van der Waals surface area contributed by atoms with Gasteiger partial charge in [0.2, 0.25) is 0 Å². The molecule has 3 aromatic rings. The van der Waals surface area contributed by atoms with Crippen LogP contribution in [-0.2, 0) is 7.05 Å². The lowest BCUT2D eigenvalue weighted by molar-refractivity contribution is -0.657. The Hall–Kier alpha value is -2.75. The molecule has 0 atom stereocenters. The van der Waals surface area contributed by atoms with Gasteiger partial charge in [-0.15, -0.1) is 0 Å². The fourth-order valence-electron chi connectivity index (χ4n) is 5.15. The summed E-state index contributed by atoms with van der Waals surface area (Å²) < 4.78 is 4.69. The fraction of sp³-hybridized carbons (Fsp3) is 0.414. The maximum Gasteiger partial charge on any atom is 0.373 e. The van der Waals surface area contributed by atoms with Crippen molar-refractivity contribution in [1.29, 1.82) is 0 Å². The van der Waals surface area contributed by atoms with Gasteiger partial charge < -0.3 is 0 Å². The Labute approximate surface area is 200 Å². The van der Waals surface area contributed by atoms with E-state index in [1.165, 1.54) is 39.4 Å². The molecule has 33 heavy (non-hydrogen) atoms. The van der Waals surface area contributed by atoms with E-state index in [9.17, 15) is 0 Å². The SMILES string of the molecule is CB1c2ccccc2C(C(C)(C)C)=CN1c1n(-c2c(C(C)C)cccc2C(C)C)cc[n+]1C. The van der Waals surface area contributed by atoms with E-state index < -0.39 is 0 Å². The van der Waals surface area contributed by atoms with Crippen LogP contribution in [0.5, 0.6) is 0 Å². The van der Waals surface area contributed by atoms with Crippen LogP contribution >= 0.6 is 0 Å². The van der Waals surface area contributed by atoms with Crippen molar-refractivity contribution in [2.24, 2.45) is 12.5 Å². The standard InChI is InChI=1S/C29H39BN3/c1-20(2)22-14-12-15-23(21(3)4)27(22)32-18-17-31(9)28(32)33-19-25(29(5,6)7)24-13-10-11-16-26(24)30(33)8/h10-21H,1-9H3/q+1. The molecular weight excluding hydrogens is 401 g/mol. The molecule has 0 saturated carbocycles. The van der Waals surface area contributed by atoms with Crippen molar-refractivity contribution in [2.75, 3.05) is 4.81 Å². The first-order valence-electron chi connectivity index (χ1n) is 12.3. The average molecular weight is 440 g/mol. The van der Waals surface area contributed by atoms with Crippen LogP contribution in [0.3, 0.4) is 0 Å². The zero-order valence-electron chi connectivity index (χ0n) is 21.8. The molecule has 4 heteroatoms. The highest BCUT2D eigenvalue weighted by atomic mass is 15.3. The lowest BCUT2D eigenvalue weighted by Gasteiger charge is -2.34. The monoisotopic (exact) mass is 440 g/mol. The number of aromatic nitrogens is 2. The third-order valence-corrected chi connectivity index (χ3v) is 6.98. The first-order valence-corrected chi connectivity index (χ1v) is 12.3. The molecule has 0 N–H and O–H groups in total. The predicted octanol–water partition coefficient (Wildman–Crippen LogP) is 6.28. The van der Waals surface area contributed by atoms with Crippen molar-refractivity contribution in [3.8, 4) is 5.69 Å². The maximum atomic E-state index is 2.48. The van der Waals surface area contributed by atoms with Gasteiger partial charge in [0, 0.05) is 0 Å². The van der Waals surface area contributed by atoms with E-state index in [1.807, 2.05) is 0 Å². The Morgan fingerprint density at radius 1 is 0.879 bits per heavy atom. The molecule has 3 nitrogen and oxygen atoms in total. The smallest absolute Gasteiger partial charge is 0.290 e. The largest absolute Gasteiger partial charge is 0.373 e. The van der Waals surface area contributed by atoms with Gasteiger partial charge in [-0.2, -0.15) is 0 Å². The summed E-state index contributed by atoms with van der Waals surface area (Å²) in [7, 11) is 2.16. The zero-order chi connectivity index (χ0) is 24.1. The molecule has 0 spiro atoms. The summed E-state index contributed by atoms with van der Waals surface area (Å²) in [6.07, 6.45) is 6.82. The predicted molar refractivity (Wildman–Crippen MR) is 143 cm³/mol. The second-order valence-electron chi connectivity index (χ2n) is 11.1. The van der Waals surface area contributed by atoms with E-state index >= 15 is 0 Å². The number of nitrogens with zero attached hydrogens (tertiary/aromatic N) is 3. The fourth-order valence-corrected chi connectivity index (χ4v) is 5.15. The van der Waals surface area contributed by atoms with Crippen molar-refractivity contribution in [3.63, 3.8) is 0 Å². The number of anilines is 1. The van der Waals surface area contributed by atoms with Crippen molar-refractivity contribution >= 4 is 23.8 Å². The first kappa shape index (κ1) is 23.4. The molecule has 1 aromatic heterocycles. The van der Waals surface area contributed by atoms with E-state index in [2.05, 4.69) is 137 Å². The van der Waals surface area contributed by atoms with Crippen LogP contribution in [0, 0.1) is 5.41 Å². The van der Waals surface area contributed by atoms with Crippen LogP contribution in [0.2, 0.25) is 6.82 Å². The Morgan fingerprint density at radius 3 is 2.06 bits per heavy atom. The number of fused-ring (bicyclic) bond motifs is 1. The van der Waals surface area contributed by atoms with Crippen molar-refractivity contribution < 1.29 is 4.57 Å². The summed E-state index contributed by atoms with van der Waals surface area (Å²) in [4.78, 5) is 2.48. The summed E-state index contributed by atoms with van der Waals surface area (Å²) in [5.41, 5.74) is 8.30. The van der Waals surface area contributed by atoms with Gasteiger partial charge in [0.25, 0.3) is 0 Å². The number of hydrogen-bond donors (Lipinski definition) is 0. The van der Waals surface area contributed by atoms with Crippen molar-refractivity contribution in [3.05, 3.63) is 77.7 Å². The normalized spacial score (nSPS) is 14.2. The van der Waals surface area contributed by atoms with Crippen LogP contribution in [0.1, 0.15) is 77.0 Å². The van der Waals surface area contributed by atoms with Gasteiger partial charge in [-0.3, -0.25) is 4.81 Å². The van der Waals surface area contributed by atoms with Crippen LogP contribution in [0.15, 0.2) is 61.1 Å². The molecule has 2 heterocycles. The minimum atomic E-state index is 0.0451. The molecule has 0 fully saturated rings. The zero-order valence-corrected chi connectivity index (χ0v) is 21.8. The molecule has 0 saturated heterocycles. The lowest BCUT2D eigenvalue weighted by Crippen LogP contribution is -2.52. The third-order valence-electron chi connectivity index (χ3n) is 6.98. The highest BCUT2D eigenvalue weighted by Crippen LogP contribution is 2.38. The molecule has 0 amide bonds. The minimum Gasteiger partial charge on any atom is -0.290 e. The quantitative estimate of drug-likeness (QED) is 0.343. The second kappa shape index (κ2) is 8.55. The first-order chi connectivity index (χ1) is 15.5. The van der Waals surface area contributed by atoms with Crippen LogP contribution in [-0.4, -0.2) is 11.4 Å².